The molecule has 1 fully saturated rings. The summed E-state index contributed by atoms with van der Waals surface area (Å²) in [7, 11) is 1.68. The number of hydrogen-bond donors (Lipinski definition) is 1. The number of rotatable bonds is 4. The number of aliphatic imine (C=N–C) groups is 1. The number of amidine groups is 1. The molecular weight excluding hydrogens is 378 g/mol. The van der Waals surface area contributed by atoms with E-state index in [1.165, 1.54) is 16.5 Å². The number of nitrogens with zero attached hydrogens (tertiary/aromatic N) is 2. The number of fused-ring (bicyclic) bond motifs is 1. The largest absolute Gasteiger partial charge is 0.497 e. The molecule has 128 valence electrons. The quantitative estimate of drug-likeness (QED) is 0.651. The summed E-state index contributed by atoms with van der Waals surface area (Å²) in [5.74, 6) is 2.02. The van der Waals surface area contributed by atoms with Crippen LogP contribution in [-0.2, 0) is 6.54 Å². The van der Waals surface area contributed by atoms with Gasteiger partial charge in [0.25, 0.3) is 0 Å². The van der Waals surface area contributed by atoms with Crippen LogP contribution in [0.2, 0.25) is 0 Å². The number of hydrogen-bond acceptors (Lipinski definition) is 2. The number of benzene rings is 2. The van der Waals surface area contributed by atoms with Crippen LogP contribution in [0.5, 0.6) is 5.75 Å². The maximum absolute atomic E-state index is 5.21. The van der Waals surface area contributed by atoms with E-state index in [0.717, 1.165) is 47.7 Å². The topological polar surface area (TPSA) is 40.6 Å². The average molecular weight is 398 g/mol. The minimum atomic E-state index is 0.858. The molecule has 25 heavy (non-hydrogen) atoms. The van der Waals surface area contributed by atoms with Gasteiger partial charge in [-0.05, 0) is 54.4 Å². The number of halogens is 1. The van der Waals surface area contributed by atoms with Gasteiger partial charge in [0, 0.05) is 41.1 Å². The lowest BCUT2D eigenvalue weighted by molar-refractivity contribution is 0.415. The first-order valence-electron chi connectivity index (χ1n) is 8.45. The highest BCUT2D eigenvalue weighted by Gasteiger charge is 2.20. The van der Waals surface area contributed by atoms with E-state index in [-0.39, 0.29) is 0 Å². The number of aromatic nitrogens is 1. The van der Waals surface area contributed by atoms with Crippen LogP contribution in [0.4, 0.5) is 5.69 Å². The van der Waals surface area contributed by atoms with Crippen LogP contribution >= 0.6 is 15.9 Å². The van der Waals surface area contributed by atoms with Crippen LogP contribution in [0.25, 0.3) is 10.9 Å². The van der Waals surface area contributed by atoms with Crippen LogP contribution in [0.1, 0.15) is 18.4 Å². The van der Waals surface area contributed by atoms with Gasteiger partial charge in [-0.3, -0.25) is 0 Å². The number of nitrogens with one attached hydrogen (secondary N) is 1. The summed E-state index contributed by atoms with van der Waals surface area (Å²) >= 11 is 3.57. The molecule has 3 aromatic rings. The van der Waals surface area contributed by atoms with Crippen LogP contribution < -0.4 is 4.74 Å². The zero-order valence-electron chi connectivity index (χ0n) is 14.1. The highest BCUT2D eigenvalue weighted by Crippen LogP contribution is 2.27. The number of aromatic amines is 1. The second-order valence-electron chi connectivity index (χ2n) is 6.25. The Labute approximate surface area is 155 Å². The summed E-state index contributed by atoms with van der Waals surface area (Å²) in [6.45, 7) is 1.93. The lowest BCUT2D eigenvalue weighted by Gasteiger charge is -2.18. The molecule has 1 aromatic heterocycles. The molecule has 0 spiro atoms. The van der Waals surface area contributed by atoms with E-state index < -0.39 is 0 Å². The molecule has 0 radical (unpaired) electrons. The van der Waals surface area contributed by atoms with Gasteiger partial charge in [0.1, 0.15) is 11.6 Å². The van der Waals surface area contributed by atoms with Crippen molar-refractivity contribution in [2.24, 2.45) is 4.99 Å². The van der Waals surface area contributed by atoms with Gasteiger partial charge in [-0.25, -0.2) is 4.99 Å². The van der Waals surface area contributed by atoms with Crippen LogP contribution in [0.3, 0.4) is 0 Å². The molecule has 0 amide bonds. The van der Waals surface area contributed by atoms with Gasteiger partial charge >= 0.3 is 0 Å². The standard InChI is InChI=1S/C20H20BrN3O/c1-25-17-7-5-16(6-8-17)23-20-3-2-10-24(20)13-14-12-22-19-9-4-15(21)11-18(14)19/h4-9,11-12,22H,2-3,10,13H2,1H3/b23-20-. The molecule has 1 aliphatic rings. The molecule has 4 rings (SSSR count). The molecule has 2 heterocycles. The Morgan fingerprint density at radius 1 is 1.20 bits per heavy atom. The Hall–Kier alpha value is -2.27. The Kier molecular flexibility index (Phi) is 4.49. The van der Waals surface area contributed by atoms with Crippen molar-refractivity contribution < 1.29 is 4.74 Å². The van der Waals surface area contributed by atoms with Gasteiger partial charge in [-0.2, -0.15) is 0 Å². The predicted octanol–water partition coefficient (Wildman–Crippen LogP) is 5.27. The van der Waals surface area contributed by atoms with E-state index in [2.05, 4.69) is 50.2 Å². The number of H-pyrrole nitrogens is 1. The second kappa shape index (κ2) is 6.92. The molecule has 0 saturated carbocycles. The first-order valence-corrected chi connectivity index (χ1v) is 9.24. The van der Waals surface area contributed by atoms with Crippen LogP contribution in [0, 0.1) is 0 Å². The molecule has 1 aliphatic heterocycles. The monoisotopic (exact) mass is 397 g/mol. The number of likely N-dealkylation sites (tertiary alicyclic amines) is 1. The van der Waals surface area contributed by atoms with E-state index >= 15 is 0 Å². The van der Waals surface area contributed by atoms with Crippen molar-refractivity contribution in [3.05, 3.63) is 58.7 Å². The molecule has 1 N–H and O–H groups in total. The molecule has 0 atom stereocenters. The second-order valence-corrected chi connectivity index (χ2v) is 7.17. The number of ether oxygens (including phenoxy) is 1. The molecule has 4 nitrogen and oxygen atoms in total. The van der Waals surface area contributed by atoms with Gasteiger partial charge in [0.05, 0.1) is 12.8 Å². The summed E-state index contributed by atoms with van der Waals surface area (Å²) in [5, 5.41) is 1.27. The Morgan fingerprint density at radius 3 is 2.84 bits per heavy atom. The fourth-order valence-electron chi connectivity index (χ4n) is 3.30. The molecule has 1 saturated heterocycles. The lowest BCUT2D eigenvalue weighted by Crippen LogP contribution is -2.24. The first kappa shape index (κ1) is 16.2. The highest BCUT2D eigenvalue weighted by atomic mass is 79.9. The third kappa shape index (κ3) is 3.42. The smallest absolute Gasteiger partial charge is 0.119 e. The van der Waals surface area contributed by atoms with Crippen molar-refractivity contribution in [2.45, 2.75) is 19.4 Å². The predicted molar refractivity (Wildman–Crippen MR) is 106 cm³/mol. The number of methoxy groups -OCH3 is 1. The van der Waals surface area contributed by atoms with Crippen molar-refractivity contribution in [1.82, 2.24) is 9.88 Å². The minimum Gasteiger partial charge on any atom is -0.497 e. The van der Waals surface area contributed by atoms with E-state index in [9.17, 15) is 0 Å². The van der Waals surface area contributed by atoms with Gasteiger partial charge in [-0.1, -0.05) is 15.9 Å². The lowest BCUT2D eigenvalue weighted by atomic mass is 10.1. The van der Waals surface area contributed by atoms with Crippen molar-refractivity contribution in [1.29, 1.82) is 0 Å². The van der Waals surface area contributed by atoms with Gasteiger partial charge in [0.2, 0.25) is 0 Å². The van der Waals surface area contributed by atoms with Crippen LogP contribution in [0.15, 0.2) is 58.1 Å². The Balaban J connectivity index is 1.58. The Morgan fingerprint density at radius 2 is 2.04 bits per heavy atom. The van der Waals surface area contributed by atoms with Crippen molar-refractivity contribution >= 4 is 38.4 Å². The normalized spacial score (nSPS) is 16.1. The van der Waals surface area contributed by atoms with Gasteiger partial charge in [0.15, 0.2) is 0 Å². The summed E-state index contributed by atoms with van der Waals surface area (Å²) in [6, 6.07) is 14.3. The zero-order valence-corrected chi connectivity index (χ0v) is 15.7. The van der Waals surface area contributed by atoms with Crippen molar-refractivity contribution in [3.63, 3.8) is 0 Å². The Bertz CT molecular complexity index is 914. The molecule has 2 aromatic carbocycles. The summed E-state index contributed by atoms with van der Waals surface area (Å²) in [5.41, 5.74) is 3.45. The highest BCUT2D eigenvalue weighted by molar-refractivity contribution is 9.10. The van der Waals surface area contributed by atoms with E-state index in [1.807, 2.05) is 24.3 Å². The molecule has 0 aliphatic carbocycles. The summed E-state index contributed by atoms with van der Waals surface area (Å²) in [6.07, 6.45) is 4.29. The van der Waals surface area contributed by atoms with E-state index in [4.69, 9.17) is 9.73 Å². The zero-order chi connectivity index (χ0) is 17.2. The molecule has 0 bridgehead atoms. The maximum atomic E-state index is 5.21. The van der Waals surface area contributed by atoms with Crippen molar-refractivity contribution in [3.8, 4) is 5.75 Å². The third-order valence-corrected chi connectivity index (χ3v) is 5.11. The van der Waals surface area contributed by atoms with Gasteiger partial charge < -0.3 is 14.6 Å². The van der Waals surface area contributed by atoms with E-state index in [1.54, 1.807) is 7.11 Å². The molecule has 5 heteroatoms. The van der Waals surface area contributed by atoms with E-state index in [0.29, 0.717) is 0 Å². The third-order valence-electron chi connectivity index (χ3n) is 4.61. The maximum Gasteiger partial charge on any atom is 0.119 e. The summed E-state index contributed by atoms with van der Waals surface area (Å²) in [4.78, 5) is 10.6. The van der Waals surface area contributed by atoms with Crippen LogP contribution in [-0.4, -0.2) is 29.4 Å². The fourth-order valence-corrected chi connectivity index (χ4v) is 3.67. The first-order chi connectivity index (χ1) is 12.2. The SMILES string of the molecule is COc1ccc(/N=C2/CCCN2Cc2c[nH]c3ccc(Br)cc23)cc1. The molecule has 0 unspecified atom stereocenters. The fraction of sp³-hybridized carbons (Fsp3) is 0.250. The minimum absolute atomic E-state index is 0.858. The average Bonchev–Trinajstić information content (AvgIpc) is 3.23. The van der Waals surface area contributed by atoms with Crippen molar-refractivity contribution in [2.75, 3.05) is 13.7 Å². The molecular formula is C20H20BrN3O. The van der Waals surface area contributed by atoms with Gasteiger partial charge in [-0.15, -0.1) is 0 Å². The summed E-state index contributed by atoms with van der Waals surface area (Å²) < 4.78 is 6.32.